The summed E-state index contributed by atoms with van der Waals surface area (Å²) in [5, 5.41) is 14.1. The van der Waals surface area contributed by atoms with E-state index in [0.717, 1.165) is 24.4 Å². The number of amides is 1. The first-order chi connectivity index (χ1) is 9.58. The molecule has 1 heterocycles. The Labute approximate surface area is 111 Å². The molecule has 0 spiro atoms. The number of carbonyl (C=O) groups is 1. The molecule has 20 heavy (non-hydrogen) atoms. The first-order valence-corrected chi connectivity index (χ1v) is 5.39. The lowest BCUT2D eigenvalue weighted by Crippen LogP contribution is -2.16. The van der Waals surface area contributed by atoms with E-state index in [4.69, 9.17) is 4.42 Å². The maximum atomic E-state index is 13.4. The number of hydrazone groups is 1. The summed E-state index contributed by atoms with van der Waals surface area (Å²) in [4.78, 5) is 21.3. The predicted molar refractivity (Wildman–Crippen MR) is 66.8 cm³/mol. The number of benzene rings is 1. The second-order valence-corrected chi connectivity index (χ2v) is 3.64. The van der Waals surface area contributed by atoms with Crippen LogP contribution in [0.1, 0.15) is 16.1 Å². The number of nitrogens with zero attached hydrogens (tertiary/aromatic N) is 2. The molecule has 0 unspecified atom stereocenters. The number of nitro benzene ring substituents is 1. The summed E-state index contributed by atoms with van der Waals surface area (Å²) in [6.45, 7) is 0. The van der Waals surface area contributed by atoms with Crippen molar-refractivity contribution < 1.29 is 18.5 Å². The first kappa shape index (κ1) is 13.4. The number of halogens is 1. The molecule has 0 saturated carbocycles. The van der Waals surface area contributed by atoms with Crippen LogP contribution >= 0.6 is 0 Å². The van der Waals surface area contributed by atoms with Gasteiger partial charge in [0, 0.05) is 17.7 Å². The lowest BCUT2D eigenvalue weighted by Gasteiger charge is -1.98. The normalized spacial score (nSPS) is 10.7. The van der Waals surface area contributed by atoms with Gasteiger partial charge < -0.3 is 4.42 Å². The Morgan fingerprint density at radius 3 is 2.90 bits per heavy atom. The maximum Gasteiger partial charge on any atom is 0.307 e. The van der Waals surface area contributed by atoms with Crippen molar-refractivity contribution >= 4 is 17.8 Å². The lowest BCUT2D eigenvalue weighted by molar-refractivity contribution is -0.384. The average molecular weight is 277 g/mol. The molecule has 7 nitrogen and oxygen atoms in total. The molecule has 0 fully saturated rings. The number of hydrogen-bond donors (Lipinski definition) is 1. The first-order valence-electron chi connectivity index (χ1n) is 5.39. The Bertz CT molecular complexity index is 667. The summed E-state index contributed by atoms with van der Waals surface area (Å²) in [5.41, 5.74) is 1.72. The van der Waals surface area contributed by atoms with Gasteiger partial charge in [-0.1, -0.05) is 0 Å². The molecule has 1 aromatic carbocycles. The van der Waals surface area contributed by atoms with Crippen molar-refractivity contribution in [2.45, 2.75) is 0 Å². The monoisotopic (exact) mass is 277 g/mol. The van der Waals surface area contributed by atoms with Gasteiger partial charge in [-0.05, 0) is 18.2 Å². The molecule has 102 valence electrons. The second-order valence-electron chi connectivity index (χ2n) is 3.64. The number of furan rings is 1. The highest BCUT2D eigenvalue weighted by Gasteiger charge is 2.10. The summed E-state index contributed by atoms with van der Waals surface area (Å²) in [7, 11) is 0. The summed E-state index contributed by atoms with van der Waals surface area (Å²) in [6, 6.07) is 5.96. The highest BCUT2D eigenvalue weighted by Crippen LogP contribution is 2.15. The van der Waals surface area contributed by atoms with Crippen molar-refractivity contribution in [2.75, 3.05) is 0 Å². The minimum atomic E-state index is -0.688. The van der Waals surface area contributed by atoms with Crippen LogP contribution in [-0.2, 0) is 0 Å². The van der Waals surface area contributed by atoms with Crippen LogP contribution in [0.15, 0.2) is 46.1 Å². The third-order valence-corrected chi connectivity index (χ3v) is 2.31. The molecule has 1 aromatic heterocycles. The highest BCUT2D eigenvalue weighted by atomic mass is 19.1. The van der Waals surface area contributed by atoms with Crippen molar-refractivity contribution in [1.82, 2.24) is 5.43 Å². The van der Waals surface area contributed by atoms with E-state index in [-0.39, 0.29) is 17.0 Å². The molecule has 0 aliphatic carbocycles. The van der Waals surface area contributed by atoms with Gasteiger partial charge in [0.15, 0.2) is 5.76 Å². The fourth-order valence-electron chi connectivity index (χ4n) is 1.37. The zero-order valence-electron chi connectivity index (χ0n) is 9.95. The largest absolute Gasteiger partial charge is 0.459 e. The van der Waals surface area contributed by atoms with Crippen LogP contribution in [0.5, 0.6) is 0 Å². The van der Waals surface area contributed by atoms with Crippen molar-refractivity contribution in [3.05, 3.63) is 63.9 Å². The molecule has 0 bridgehead atoms. The number of hydrogen-bond acceptors (Lipinski definition) is 5. The summed E-state index contributed by atoms with van der Waals surface area (Å²) >= 11 is 0. The summed E-state index contributed by atoms with van der Waals surface area (Å²) in [6.07, 6.45) is 2.29. The van der Waals surface area contributed by atoms with Gasteiger partial charge >= 0.3 is 5.91 Å². The van der Waals surface area contributed by atoms with Crippen LogP contribution in [0.4, 0.5) is 10.1 Å². The van der Waals surface area contributed by atoms with Crippen LogP contribution in [0.25, 0.3) is 0 Å². The number of carbonyl (C=O) groups excluding carboxylic acids is 1. The molecular weight excluding hydrogens is 269 g/mol. The fraction of sp³-hybridized carbons (Fsp3) is 0. The zero-order chi connectivity index (χ0) is 14.5. The Hall–Kier alpha value is -3.03. The quantitative estimate of drug-likeness (QED) is 0.525. The molecule has 1 N–H and O–H groups in total. The van der Waals surface area contributed by atoms with Gasteiger partial charge in [0.2, 0.25) is 0 Å². The smallest absolute Gasteiger partial charge is 0.307 e. The van der Waals surface area contributed by atoms with E-state index < -0.39 is 16.6 Å². The van der Waals surface area contributed by atoms with Gasteiger partial charge in [0.1, 0.15) is 5.82 Å². The molecule has 0 saturated heterocycles. The molecule has 2 rings (SSSR count). The standard InChI is InChI=1S/C12H8FN3O4/c13-10-4-3-9(16(18)19)6-8(10)7-14-15-12(17)11-2-1-5-20-11/h1-7H,(H,15,17)/b14-7+. The van der Waals surface area contributed by atoms with Crippen LogP contribution in [0.2, 0.25) is 0 Å². The molecule has 0 atom stereocenters. The van der Waals surface area contributed by atoms with E-state index in [1.165, 1.54) is 18.4 Å². The van der Waals surface area contributed by atoms with Crippen LogP contribution in [-0.4, -0.2) is 17.0 Å². The molecule has 0 aliphatic rings. The van der Waals surface area contributed by atoms with E-state index in [1.807, 2.05) is 0 Å². The molecular formula is C12H8FN3O4. The van der Waals surface area contributed by atoms with Crippen LogP contribution < -0.4 is 5.43 Å². The Balaban J connectivity index is 2.09. The van der Waals surface area contributed by atoms with Crippen molar-refractivity contribution in [1.29, 1.82) is 0 Å². The second kappa shape index (κ2) is 5.74. The van der Waals surface area contributed by atoms with Gasteiger partial charge in [-0.2, -0.15) is 5.10 Å². The molecule has 0 radical (unpaired) electrons. The van der Waals surface area contributed by atoms with Crippen molar-refractivity contribution in [2.24, 2.45) is 5.10 Å². The van der Waals surface area contributed by atoms with Gasteiger partial charge in [-0.3, -0.25) is 14.9 Å². The lowest BCUT2D eigenvalue weighted by atomic mass is 10.2. The van der Waals surface area contributed by atoms with Gasteiger partial charge in [0.25, 0.3) is 5.69 Å². The van der Waals surface area contributed by atoms with E-state index in [0.29, 0.717) is 0 Å². The van der Waals surface area contributed by atoms with Crippen LogP contribution in [0, 0.1) is 15.9 Å². The summed E-state index contributed by atoms with van der Waals surface area (Å²) < 4.78 is 18.2. The molecule has 0 aliphatic heterocycles. The van der Waals surface area contributed by atoms with Gasteiger partial charge in [-0.25, -0.2) is 9.82 Å². The highest BCUT2D eigenvalue weighted by molar-refractivity contribution is 5.92. The zero-order valence-corrected chi connectivity index (χ0v) is 9.95. The topological polar surface area (TPSA) is 97.7 Å². The van der Waals surface area contributed by atoms with E-state index in [2.05, 4.69) is 10.5 Å². The summed E-state index contributed by atoms with van der Waals surface area (Å²) in [5.74, 6) is -1.26. The number of rotatable bonds is 4. The van der Waals surface area contributed by atoms with Gasteiger partial charge in [-0.15, -0.1) is 0 Å². The molecule has 2 aromatic rings. The van der Waals surface area contributed by atoms with Crippen molar-refractivity contribution in [3.63, 3.8) is 0 Å². The molecule has 1 amide bonds. The predicted octanol–water partition coefficient (Wildman–Crippen LogP) is 2.09. The fourth-order valence-corrected chi connectivity index (χ4v) is 1.37. The van der Waals surface area contributed by atoms with E-state index in [1.54, 1.807) is 0 Å². The minimum absolute atomic E-state index is 0.0432. The number of nitrogens with one attached hydrogen (secondary N) is 1. The van der Waals surface area contributed by atoms with Crippen LogP contribution in [0.3, 0.4) is 0 Å². The minimum Gasteiger partial charge on any atom is -0.459 e. The number of non-ortho nitro benzene ring substituents is 1. The number of nitro groups is 1. The maximum absolute atomic E-state index is 13.4. The Morgan fingerprint density at radius 2 is 2.25 bits per heavy atom. The average Bonchev–Trinajstić information content (AvgIpc) is 2.94. The van der Waals surface area contributed by atoms with Gasteiger partial charge in [0.05, 0.1) is 17.4 Å². The molecule has 8 heteroatoms. The third-order valence-electron chi connectivity index (χ3n) is 2.31. The Kier molecular flexibility index (Phi) is 3.85. The Morgan fingerprint density at radius 1 is 1.45 bits per heavy atom. The third kappa shape index (κ3) is 3.05. The van der Waals surface area contributed by atoms with Crippen molar-refractivity contribution in [3.8, 4) is 0 Å². The van der Waals surface area contributed by atoms with E-state index in [9.17, 15) is 19.3 Å². The SMILES string of the molecule is O=C(N/N=C/c1cc([N+](=O)[O-])ccc1F)c1ccco1. The van der Waals surface area contributed by atoms with E-state index >= 15 is 0 Å².